The molecule has 0 N–H and O–H groups in total. The third-order valence-electron chi connectivity index (χ3n) is 7.91. The first-order valence-corrected chi connectivity index (χ1v) is 16.8. The smallest absolute Gasteiger partial charge is 0.348 e. The van der Waals surface area contributed by atoms with E-state index in [0.29, 0.717) is 17.5 Å². The Labute approximate surface area is 305 Å². The molecule has 3 rings (SSSR count). The number of piperazine rings is 1. The van der Waals surface area contributed by atoms with Crippen LogP contribution in [-0.4, -0.2) is 75.5 Å². The summed E-state index contributed by atoms with van der Waals surface area (Å²) in [5, 5.41) is 9.53. The van der Waals surface area contributed by atoms with Crippen LogP contribution in [0.4, 0.5) is 11.4 Å². The summed E-state index contributed by atoms with van der Waals surface area (Å²) in [6.45, 7) is 24.1. The Balaban J connectivity index is 1.48. The normalized spacial score (nSPS) is 14.2. The van der Waals surface area contributed by atoms with Gasteiger partial charge in [0, 0.05) is 61.5 Å². The lowest BCUT2D eigenvalue weighted by Crippen LogP contribution is -2.46. The number of esters is 4. The van der Waals surface area contributed by atoms with Crippen LogP contribution < -0.4 is 9.80 Å². The fourth-order valence-electron chi connectivity index (χ4n) is 4.86. The minimum absolute atomic E-state index is 0.000600. The van der Waals surface area contributed by atoms with Crippen LogP contribution in [0.5, 0.6) is 0 Å². The minimum Gasteiger partial charge on any atom is -0.470 e. The van der Waals surface area contributed by atoms with Crippen molar-refractivity contribution in [1.29, 1.82) is 5.26 Å². The molecular weight excluding hydrogens is 664 g/mol. The van der Waals surface area contributed by atoms with Crippen LogP contribution in [0.2, 0.25) is 0 Å². The number of anilines is 2. The van der Waals surface area contributed by atoms with Crippen molar-refractivity contribution in [3.8, 4) is 6.07 Å². The van der Waals surface area contributed by atoms with Gasteiger partial charge in [-0.1, -0.05) is 37.4 Å². The van der Waals surface area contributed by atoms with Gasteiger partial charge in [-0.2, -0.15) is 5.26 Å². The molecule has 0 aromatic heterocycles. The zero-order valence-electron chi connectivity index (χ0n) is 30.1. The number of nitrogens with zero attached hydrogens (tertiary/aromatic N) is 4. The van der Waals surface area contributed by atoms with Crippen molar-refractivity contribution in [2.24, 2.45) is 0 Å². The molecule has 2 atom stereocenters. The van der Waals surface area contributed by atoms with E-state index in [2.05, 4.69) is 27.8 Å². The van der Waals surface area contributed by atoms with E-state index >= 15 is 0 Å². The van der Waals surface area contributed by atoms with Crippen LogP contribution in [0.3, 0.4) is 0 Å². The zero-order chi connectivity index (χ0) is 38.2. The molecule has 12 heteroatoms. The van der Waals surface area contributed by atoms with Crippen LogP contribution in [-0.2, 0) is 38.1 Å². The SMILES string of the molecule is [C-]#[N+]/C(=C\c1ccc(N2CCN(c3ccc(/C=C(\C#N)C(=O)OCCC(C)OC(=O)C(=C)C)cc3)CC2)cc1)C(=O)OCCC(C)OC(=O)C(=C)C. The van der Waals surface area contributed by atoms with Crippen LogP contribution in [0, 0.1) is 17.9 Å². The molecule has 12 nitrogen and oxygen atoms in total. The second kappa shape index (κ2) is 19.9. The van der Waals surface area contributed by atoms with Crippen molar-refractivity contribution in [1.82, 2.24) is 0 Å². The van der Waals surface area contributed by atoms with Gasteiger partial charge in [-0.25, -0.2) is 19.2 Å². The van der Waals surface area contributed by atoms with E-state index in [0.717, 1.165) is 37.6 Å². The van der Waals surface area contributed by atoms with Gasteiger partial charge in [0.25, 0.3) is 5.70 Å². The Morgan fingerprint density at radius 3 is 1.54 bits per heavy atom. The molecule has 0 amide bonds. The molecule has 1 saturated heterocycles. The minimum atomic E-state index is -0.748. The fourth-order valence-corrected chi connectivity index (χ4v) is 4.86. The summed E-state index contributed by atoms with van der Waals surface area (Å²) in [4.78, 5) is 56.0. The Hall–Kier alpha value is -6.14. The summed E-state index contributed by atoms with van der Waals surface area (Å²) in [6, 6.07) is 17.1. The molecule has 0 spiro atoms. The second-order valence-electron chi connectivity index (χ2n) is 12.3. The first-order valence-electron chi connectivity index (χ1n) is 16.8. The highest BCUT2D eigenvalue weighted by molar-refractivity contribution is 5.98. The summed E-state index contributed by atoms with van der Waals surface area (Å²) in [6.07, 6.45) is 2.61. The molecule has 2 unspecified atom stereocenters. The first kappa shape index (κ1) is 40.3. The second-order valence-corrected chi connectivity index (χ2v) is 12.3. The number of carbonyl (C=O) groups is 4. The quantitative estimate of drug-likeness (QED) is 0.0661. The molecule has 2 aromatic carbocycles. The van der Waals surface area contributed by atoms with Gasteiger partial charge in [-0.3, -0.25) is 4.79 Å². The van der Waals surface area contributed by atoms with Crippen molar-refractivity contribution in [2.75, 3.05) is 49.2 Å². The van der Waals surface area contributed by atoms with Gasteiger partial charge >= 0.3 is 23.9 Å². The standard InChI is InChI=1S/C40H44N4O8/c1-27(2)37(45)51-29(5)16-22-49-39(47)33(26-41)24-31-8-12-34(13-9-31)43-18-20-44(21-19-43)35-14-10-32(11-15-35)25-36(42-7)40(48)50-23-17-30(6)52-38(46)28(3)4/h8-15,24-25,29-30H,1,3,16-23H2,2,4-6H3/b33-24+,36-25-. The number of benzene rings is 2. The lowest BCUT2D eigenvalue weighted by Gasteiger charge is -2.37. The number of carbonyl (C=O) groups excluding carboxylic acids is 4. The first-order chi connectivity index (χ1) is 24.8. The highest BCUT2D eigenvalue weighted by Gasteiger charge is 2.19. The highest BCUT2D eigenvalue weighted by atomic mass is 16.6. The largest absolute Gasteiger partial charge is 0.470 e. The summed E-state index contributed by atoms with van der Waals surface area (Å²) in [5.74, 6) is -2.51. The Morgan fingerprint density at radius 1 is 0.750 bits per heavy atom. The maximum Gasteiger partial charge on any atom is 0.348 e. The maximum atomic E-state index is 12.5. The Bertz CT molecular complexity index is 1640. The summed E-state index contributed by atoms with van der Waals surface area (Å²) < 4.78 is 20.8. The third-order valence-corrected chi connectivity index (χ3v) is 7.91. The van der Waals surface area contributed by atoms with Crippen molar-refractivity contribution >= 4 is 47.4 Å². The molecular formula is C40H44N4O8. The fraction of sp³-hybridized carbons (Fsp3) is 0.350. The predicted molar refractivity (Wildman–Crippen MR) is 197 cm³/mol. The van der Waals surface area contributed by atoms with Crippen LogP contribution in [0.15, 0.2) is 84.1 Å². The van der Waals surface area contributed by atoms with Crippen LogP contribution in [0.25, 0.3) is 17.0 Å². The van der Waals surface area contributed by atoms with E-state index in [1.807, 2.05) is 54.6 Å². The van der Waals surface area contributed by atoms with E-state index in [4.69, 9.17) is 25.5 Å². The van der Waals surface area contributed by atoms with Crippen LogP contribution >= 0.6 is 0 Å². The van der Waals surface area contributed by atoms with Crippen molar-refractivity contribution < 1.29 is 38.1 Å². The van der Waals surface area contributed by atoms with Crippen LogP contribution in [0.1, 0.15) is 51.7 Å². The summed E-state index contributed by atoms with van der Waals surface area (Å²) in [5.41, 5.74) is 3.68. The third kappa shape index (κ3) is 12.6. The number of ether oxygens (including phenoxy) is 4. The highest BCUT2D eigenvalue weighted by Crippen LogP contribution is 2.23. The van der Waals surface area contributed by atoms with E-state index in [9.17, 15) is 24.4 Å². The number of hydrogen-bond acceptors (Lipinski definition) is 11. The molecule has 1 aliphatic heterocycles. The average molecular weight is 709 g/mol. The monoisotopic (exact) mass is 708 g/mol. The Kier molecular flexibility index (Phi) is 15.4. The molecule has 0 bridgehead atoms. The molecule has 0 saturated carbocycles. The summed E-state index contributed by atoms with van der Waals surface area (Å²) in [7, 11) is 0. The van der Waals surface area contributed by atoms with Gasteiger partial charge in [0.1, 0.15) is 23.9 Å². The van der Waals surface area contributed by atoms with Crippen molar-refractivity contribution in [3.63, 3.8) is 0 Å². The average Bonchev–Trinajstić information content (AvgIpc) is 3.13. The van der Waals surface area contributed by atoms with E-state index < -0.39 is 36.1 Å². The number of hydrogen-bond donors (Lipinski definition) is 0. The molecule has 272 valence electrons. The molecule has 52 heavy (non-hydrogen) atoms. The van der Waals surface area contributed by atoms with Gasteiger partial charge in [0.2, 0.25) is 0 Å². The number of nitriles is 1. The van der Waals surface area contributed by atoms with Gasteiger partial charge in [0.15, 0.2) is 0 Å². The molecule has 1 aliphatic rings. The molecule has 0 aliphatic carbocycles. The maximum absolute atomic E-state index is 12.5. The van der Waals surface area contributed by atoms with Gasteiger partial charge in [-0.05, 0) is 75.2 Å². The van der Waals surface area contributed by atoms with Crippen molar-refractivity contribution in [2.45, 2.75) is 52.7 Å². The van der Waals surface area contributed by atoms with Gasteiger partial charge in [0.05, 0.1) is 19.8 Å². The molecule has 1 fully saturated rings. The topological polar surface area (TPSA) is 140 Å². The zero-order valence-corrected chi connectivity index (χ0v) is 30.1. The van der Waals surface area contributed by atoms with E-state index in [1.54, 1.807) is 27.7 Å². The van der Waals surface area contributed by atoms with E-state index in [-0.39, 0.29) is 42.1 Å². The molecule has 1 heterocycles. The predicted octanol–water partition coefficient (Wildman–Crippen LogP) is 6.06. The van der Waals surface area contributed by atoms with Gasteiger partial charge in [-0.15, -0.1) is 0 Å². The Morgan fingerprint density at radius 2 is 1.15 bits per heavy atom. The molecule has 0 radical (unpaired) electrons. The lowest BCUT2D eigenvalue weighted by molar-refractivity contribution is -0.147. The van der Waals surface area contributed by atoms with E-state index in [1.165, 1.54) is 12.2 Å². The number of rotatable bonds is 16. The summed E-state index contributed by atoms with van der Waals surface area (Å²) >= 11 is 0. The molecule has 2 aromatic rings. The lowest BCUT2D eigenvalue weighted by atomic mass is 10.1. The van der Waals surface area contributed by atoms with Gasteiger partial charge < -0.3 is 28.7 Å². The van der Waals surface area contributed by atoms with Crippen molar-refractivity contribution in [3.05, 3.63) is 107 Å².